The van der Waals surface area contributed by atoms with E-state index in [9.17, 15) is 0 Å². The first kappa shape index (κ1) is 11.2. The molecule has 5 heteroatoms. The van der Waals surface area contributed by atoms with Crippen LogP contribution in [0.1, 0.15) is 23.7 Å². The lowest BCUT2D eigenvalue weighted by atomic mass is 10.1. The van der Waals surface area contributed by atoms with Crippen molar-refractivity contribution in [2.24, 2.45) is 5.73 Å². The van der Waals surface area contributed by atoms with Gasteiger partial charge in [0, 0.05) is 37.2 Å². The van der Waals surface area contributed by atoms with E-state index in [-0.39, 0.29) is 0 Å². The molecule has 1 aliphatic rings. The van der Waals surface area contributed by atoms with E-state index in [0.29, 0.717) is 19.1 Å². The van der Waals surface area contributed by atoms with Crippen LogP contribution in [-0.4, -0.2) is 21.1 Å². The third kappa shape index (κ3) is 1.97. The van der Waals surface area contributed by atoms with Gasteiger partial charge in [0.25, 0.3) is 0 Å². The molecule has 2 N–H and O–H groups in total. The molecular weight excluding hydrogens is 228 g/mol. The molecule has 1 unspecified atom stereocenters. The zero-order chi connectivity index (χ0) is 12.4. The maximum Gasteiger partial charge on any atom is 0.142 e. The van der Waals surface area contributed by atoms with Crippen LogP contribution in [0.5, 0.6) is 5.75 Å². The highest BCUT2D eigenvalue weighted by molar-refractivity contribution is 5.29. The first-order valence-corrected chi connectivity index (χ1v) is 6.15. The maximum absolute atomic E-state index is 5.84. The summed E-state index contributed by atoms with van der Waals surface area (Å²) in [4.78, 5) is 8.45. The number of aromatic nitrogens is 3. The number of nitrogens with zero attached hydrogens (tertiary/aromatic N) is 3. The lowest BCUT2D eigenvalue weighted by Crippen LogP contribution is -2.10. The highest BCUT2D eigenvalue weighted by Gasteiger charge is 2.24. The van der Waals surface area contributed by atoms with Crippen LogP contribution < -0.4 is 10.5 Å². The van der Waals surface area contributed by atoms with Crippen molar-refractivity contribution in [1.82, 2.24) is 14.5 Å². The van der Waals surface area contributed by atoms with Gasteiger partial charge in [-0.05, 0) is 12.5 Å². The lowest BCUT2D eigenvalue weighted by molar-refractivity contribution is 0.282. The average Bonchev–Trinajstić information content (AvgIpc) is 3.00. The monoisotopic (exact) mass is 244 g/mol. The van der Waals surface area contributed by atoms with Gasteiger partial charge in [0.15, 0.2) is 0 Å². The Labute approximate surface area is 106 Å². The Hall–Kier alpha value is -1.88. The molecule has 1 aliphatic heterocycles. The first-order chi connectivity index (χ1) is 8.88. The Morgan fingerprint density at radius 3 is 3.28 bits per heavy atom. The summed E-state index contributed by atoms with van der Waals surface area (Å²) >= 11 is 0. The van der Waals surface area contributed by atoms with Gasteiger partial charge in [0.2, 0.25) is 0 Å². The molecule has 0 bridgehead atoms. The van der Waals surface area contributed by atoms with Gasteiger partial charge in [-0.1, -0.05) is 0 Å². The summed E-state index contributed by atoms with van der Waals surface area (Å²) in [6.07, 6.45) is 8.41. The fourth-order valence-electron chi connectivity index (χ4n) is 2.35. The minimum Gasteiger partial charge on any atom is -0.491 e. The van der Waals surface area contributed by atoms with E-state index in [1.807, 2.05) is 18.5 Å². The predicted octanol–water partition coefficient (Wildman–Crippen LogP) is 1.30. The number of nitrogens with two attached hydrogens (primary N) is 1. The van der Waals surface area contributed by atoms with E-state index in [1.54, 1.807) is 12.4 Å². The van der Waals surface area contributed by atoms with Crippen molar-refractivity contribution in [3.63, 3.8) is 0 Å². The Morgan fingerprint density at radius 1 is 1.44 bits per heavy atom. The minimum absolute atomic E-state index is 0.367. The van der Waals surface area contributed by atoms with E-state index < -0.39 is 0 Å². The molecule has 2 aromatic heterocycles. The van der Waals surface area contributed by atoms with E-state index in [4.69, 9.17) is 10.5 Å². The summed E-state index contributed by atoms with van der Waals surface area (Å²) in [5, 5.41) is 0. The molecule has 3 heterocycles. The SMILES string of the molecule is NCc1ccncc1OCC1CCn2ccnc21. The summed E-state index contributed by atoms with van der Waals surface area (Å²) < 4.78 is 8.02. The van der Waals surface area contributed by atoms with E-state index in [1.165, 1.54) is 0 Å². The summed E-state index contributed by atoms with van der Waals surface area (Å²) in [5.74, 6) is 2.27. The second kappa shape index (κ2) is 4.78. The van der Waals surface area contributed by atoms with Gasteiger partial charge in [-0.3, -0.25) is 4.98 Å². The molecule has 0 saturated carbocycles. The number of ether oxygens (including phenoxy) is 1. The minimum atomic E-state index is 0.367. The molecule has 18 heavy (non-hydrogen) atoms. The Bertz CT molecular complexity index is 537. The predicted molar refractivity (Wildman–Crippen MR) is 67.2 cm³/mol. The summed E-state index contributed by atoms with van der Waals surface area (Å²) in [7, 11) is 0. The molecule has 0 aliphatic carbocycles. The molecule has 0 spiro atoms. The number of rotatable bonds is 4. The van der Waals surface area contributed by atoms with Gasteiger partial charge in [-0.25, -0.2) is 4.98 Å². The zero-order valence-corrected chi connectivity index (χ0v) is 10.1. The van der Waals surface area contributed by atoms with Crippen LogP contribution in [0, 0.1) is 0 Å². The number of imidazole rings is 1. The fourth-order valence-corrected chi connectivity index (χ4v) is 2.35. The quantitative estimate of drug-likeness (QED) is 0.880. The Balaban J connectivity index is 1.69. The second-order valence-corrected chi connectivity index (χ2v) is 4.46. The smallest absolute Gasteiger partial charge is 0.142 e. The second-order valence-electron chi connectivity index (χ2n) is 4.46. The molecule has 1 atom stereocenters. The summed E-state index contributed by atoms with van der Waals surface area (Å²) in [5.41, 5.74) is 6.66. The third-order valence-electron chi connectivity index (χ3n) is 3.36. The van der Waals surface area contributed by atoms with Crippen LogP contribution in [0.4, 0.5) is 0 Å². The standard InChI is InChI=1S/C13H16N4O/c14-7-10-1-3-15-8-12(10)18-9-11-2-5-17-6-4-16-13(11)17/h1,3-4,6,8,11H,2,5,7,9,14H2. The van der Waals surface area contributed by atoms with Gasteiger partial charge in [0.05, 0.1) is 18.7 Å². The number of hydrogen-bond donors (Lipinski definition) is 1. The third-order valence-corrected chi connectivity index (χ3v) is 3.36. The number of fused-ring (bicyclic) bond motifs is 1. The van der Waals surface area contributed by atoms with E-state index >= 15 is 0 Å². The molecule has 0 aromatic carbocycles. The number of pyridine rings is 1. The molecule has 3 rings (SSSR count). The normalized spacial score (nSPS) is 17.7. The van der Waals surface area contributed by atoms with Crippen molar-refractivity contribution in [3.05, 3.63) is 42.2 Å². The largest absolute Gasteiger partial charge is 0.491 e. The van der Waals surface area contributed by atoms with Crippen molar-refractivity contribution >= 4 is 0 Å². The van der Waals surface area contributed by atoms with Crippen LogP contribution >= 0.6 is 0 Å². The van der Waals surface area contributed by atoms with Gasteiger partial charge < -0.3 is 15.0 Å². The Kier molecular flexibility index (Phi) is 2.98. The van der Waals surface area contributed by atoms with Gasteiger partial charge >= 0.3 is 0 Å². The number of aryl methyl sites for hydroxylation is 1. The number of hydrogen-bond acceptors (Lipinski definition) is 4. The van der Waals surface area contributed by atoms with Gasteiger partial charge in [0.1, 0.15) is 11.6 Å². The zero-order valence-electron chi connectivity index (χ0n) is 10.1. The first-order valence-electron chi connectivity index (χ1n) is 6.15. The molecule has 2 aromatic rings. The van der Waals surface area contributed by atoms with Crippen molar-refractivity contribution in [2.75, 3.05) is 6.61 Å². The molecule has 94 valence electrons. The lowest BCUT2D eigenvalue weighted by Gasteiger charge is -2.13. The highest BCUT2D eigenvalue weighted by Crippen LogP contribution is 2.27. The molecule has 0 amide bonds. The molecule has 0 saturated heterocycles. The Morgan fingerprint density at radius 2 is 2.39 bits per heavy atom. The van der Waals surface area contributed by atoms with Gasteiger partial charge in [-0.15, -0.1) is 0 Å². The van der Waals surface area contributed by atoms with E-state index in [0.717, 1.165) is 30.1 Å². The summed E-state index contributed by atoms with van der Waals surface area (Å²) in [6.45, 7) is 2.13. The summed E-state index contributed by atoms with van der Waals surface area (Å²) in [6, 6.07) is 1.89. The van der Waals surface area contributed by atoms with Crippen molar-refractivity contribution in [1.29, 1.82) is 0 Å². The van der Waals surface area contributed by atoms with Crippen molar-refractivity contribution < 1.29 is 4.74 Å². The van der Waals surface area contributed by atoms with Crippen LogP contribution in [0.15, 0.2) is 30.9 Å². The van der Waals surface area contributed by atoms with Crippen LogP contribution in [0.2, 0.25) is 0 Å². The van der Waals surface area contributed by atoms with Crippen LogP contribution in [0.25, 0.3) is 0 Å². The maximum atomic E-state index is 5.84. The molecule has 5 nitrogen and oxygen atoms in total. The van der Waals surface area contributed by atoms with Crippen molar-refractivity contribution in [2.45, 2.75) is 25.4 Å². The van der Waals surface area contributed by atoms with E-state index in [2.05, 4.69) is 14.5 Å². The van der Waals surface area contributed by atoms with Crippen LogP contribution in [0.3, 0.4) is 0 Å². The van der Waals surface area contributed by atoms with Crippen molar-refractivity contribution in [3.8, 4) is 5.75 Å². The highest BCUT2D eigenvalue weighted by atomic mass is 16.5. The van der Waals surface area contributed by atoms with Crippen LogP contribution in [-0.2, 0) is 13.1 Å². The molecule has 0 fully saturated rings. The fraction of sp³-hybridized carbons (Fsp3) is 0.385. The van der Waals surface area contributed by atoms with Gasteiger partial charge in [-0.2, -0.15) is 0 Å². The average molecular weight is 244 g/mol. The molecule has 0 radical (unpaired) electrons. The topological polar surface area (TPSA) is 66.0 Å². The molecular formula is C13H16N4O.